The van der Waals surface area contributed by atoms with E-state index in [1.807, 2.05) is 45.9 Å². The molecule has 2 atom stereocenters. The van der Waals surface area contributed by atoms with Crippen LogP contribution in [0.1, 0.15) is 49.4 Å². The molecule has 0 aliphatic rings. The normalized spacial score (nSPS) is 12.9. The second-order valence-corrected chi connectivity index (χ2v) is 8.75. The molecule has 2 aromatic rings. The lowest BCUT2D eigenvalue weighted by Crippen LogP contribution is -2.49. The van der Waals surface area contributed by atoms with Gasteiger partial charge in [0.15, 0.2) is 0 Å². The summed E-state index contributed by atoms with van der Waals surface area (Å²) in [7, 11) is 0. The molecule has 0 aliphatic heterocycles. The Balaban J connectivity index is 2.29. The van der Waals surface area contributed by atoms with Crippen LogP contribution in [0, 0.1) is 13.8 Å². The van der Waals surface area contributed by atoms with Gasteiger partial charge in [0.2, 0.25) is 11.8 Å². The van der Waals surface area contributed by atoms with Crippen molar-refractivity contribution in [1.29, 1.82) is 0 Å². The summed E-state index contributed by atoms with van der Waals surface area (Å²) >= 11 is 12.2. The monoisotopic (exact) mass is 448 g/mol. The van der Waals surface area contributed by atoms with E-state index in [1.54, 1.807) is 24.0 Å². The van der Waals surface area contributed by atoms with Crippen molar-refractivity contribution in [2.24, 2.45) is 0 Å². The Kier molecular flexibility index (Phi) is 8.75. The van der Waals surface area contributed by atoms with E-state index in [9.17, 15) is 9.59 Å². The third-order valence-corrected chi connectivity index (χ3v) is 5.88. The molecule has 0 radical (unpaired) electrons. The summed E-state index contributed by atoms with van der Waals surface area (Å²) in [4.78, 5) is 27.7. The van der Waals surface area contributed by atoms with Gasteiger partial charge in [0.25, 0.3) is 0 Å². The van der Waals surface area contributed by atoms with Gasteiger partial charge in [-0.25, -0.2) is 0 Å². The van der Waals surface area contributed by atoms with Gasteiger partial charge in [-0.1, -0.05) is 65.5 Å². The number of nitrogens with one attached hydrogen (secondary N) is 1. The van der Waals surface area contributed by atoms with E-state index in [0.29, 0.717) is 10.0 Å². The van der Waals surface area contributed by atoms with Crippen molar-refractivity contribution in [3.63, 3.8) is 0 Å². The first kappa shape index (κ1) is 24.2. The van der Waals surface area contributed by atoms with Crippen molar-refractivity contribution in [2.75, 3.05) is 0 Å². The molecule has 162 valence electrons. The molecular formula is C24H30Cl2N2O2. The maximum atomic E-state index is 13.3. The van der Waals surface area contributed by atoms with E-state index >= 15 is 0 Å². The molecule has 0 saturated heterocycles. The zero-order valence-corrected chi connectivity index (χ0v) is 19.8. The van der Waals surface area contributed by atoms with Crippen LogP contribution < -0.4 is 5.32 Å². The Hall–Kier alpha value is -2.04. The Morgan fingerprint density at radius 1 is 0.967 bits per heavy atom. The average molecular weight is 449 g/mol. The number of halogens is 2. The number of aryl methyl sites for hydroxylation is 2. The number of carbonyl (C=O) groups is 2. The lowest BCUT2D eigenvalue weighted by Gasteiger charge is -2.30. The third-order valence-electron chi connectivity index (χ3n) is 5.14. The molecule has 0 spiro atoms. The number of rotatable bonds is 8. The third kappa shape index (κ3) is 6.75. The molecule has 2 aromatic carbocycles. The summed E-state index contributed by atoms with van der Waals surface area (Å²) in [6, 6.07) is 10.8. The molecule has 0 aliphatic carbocycles. The minimum Gasteiger partial charge on any atom is -0.352 e. The summed E-state index contributed by atoms with van der Waals surface area (Å²) in [5.74, 6) is -0.281. The van der Waals surface area contributed by atoms with Crippen LogP contribution in [-0.4, -0.2) is 28.8 Å². The molecule has 2 amide bonds. The van der Waals surface area contributed by atoms with Crippen LogP contribution in [0.2, 0.25) is 10.0 Å². The van der Waals surface area contributed by atoms with Crippen molar-refractivity contribution in [1.82, 2.24) is 10.2 Å². The Morgan fingerprint density at radius 3 is 2.17 bits per heavy atom. The summed E-state index contributed by atoms with van der Waals surface area (Å²) in [5.41, 5.74) is 3.97. The smallest absolute Gasteiger partial charge is 0.242 e. The Bertz CT molecular complexity index is 894. The molecule has 30 heavy (non-hydrogen) atoms. The minimum absolute atomic E-state index is 0.0429. The second kappa shape index (κ2) is 10.8. The van der Waals surface area contributed by atoms with Gasteiger partial charge in [-0.05, 0) is 57.4 Å². The number of carbonyl (C=O) groups excluding carboxylic acids is 2. The maximum Gasteiger partial charge on any atom is 0.242 e. The molecule has 0 heterocycles. The molecular weight excluding hydrogens is 419 g/mol. The average Bonchev–Trinajstić information content (AvgIpc) is 2.67. The van der Waals surface area contributed by atoms with Gasteiger partial charge in [-0.2, -0.15) is 0 Å². The first-order valence-corrected chi connectivity index (χ1v) is 11.0. The topological polar surface area (TPSA) is 49.4 Å². The lowest BCUT2D eigenvalue weighted by molar-refractivity contribution is -0.140. The summed E-state index contributed by atoms with van der Waals surface area (Å²) in [6.45, 7) is 10.0. The van der Waals surface area contributed by atoms with Crippen LogP contribution >= 0.6 is 23.2 Å². The van der Waals surface area contributed by atoms with Crippen molar-refractivity contribution >= 4 is 35.0 Å². The van der Waals surface area contributed by atoms with Gasteiger partial charge < -0.3 is 10.2 Å². The molecule has 2 rings (SSSR count). The molecule has 0 aromatic heterocycles. The van der Waals surface area contributed by atoms with Gasteiger partial charge in [0.05, 0.1) is 16.5 Å². The van der Waals surface area contributed by atoms with Gasteiger partial charge in [-0.15, -0.1) is 0 Å². The zero-order valence-electron chi connectivity index (χ0n) is 18.3. The van der Waals surface area contributed by atoms with E-state index in [0.717, 1.165) is 28.7 Å². The highest BCUT2D eigenvalue weighted by Gasteiger charge is 2.27. The molecule has 6 heteroatoms. The summed E-state index contributed by atoms with van der Waals surface area (Å²) in [6.07, 6.45) is 1.05. The fourth-order valence-electron chi connectivity index (χ4n) is 3.33. The van der Waals surface area contributed by atoms with E-state index in [1.165, 1.54) is 0 Å². The quantitative estimate of drug-likeness (QED) is 0.580. The van der Waals surface area contributed by atoms with E-state index in [-0.39, 0.29) is 30.8 Å². The van der Waals surface area contributed by atoms with Gasteiger partial charge >= 0.3 is 0 Å². The van der Waals surface area contributed by atoms with E-state index in [4.69, 9.17) is 23.2 Å². The van der Waals surface area contributed by atoms with Crippen LogP contribution in [0.15, 0.2) is 36.4 Å². The maximum absolute atomic E-state index is 13.3. The molecule has 0 unspecified atom stereocenters. The van der Waals surface area contributed by atoms with E-state index < -0.39 is 6.04 Å². The molecule has 4 nitrogen and oxygen atoms in total. The van der Waals surface area contributed by atoms with Gasteiger partial charge in [0, 0.05) is 12.6 Å². The molecule has 1 N–H and O–H groups in total. The number of benzene rings is 2. The second-order valence-electron chi connectivity index (χ2n) is 7.94. The summed E-state index contributed by atoms with van der Waals surface area (Å²) in [5, 5.41) is 3.85. The number of amides is 2. The van der Waals surface area contributed by atoms with Crippen LogP contribution in [0.5, 0.6) is 0 Å². The largest absolute Gasteiger partial charge is 0.352 e. The highest BCUT2D eigenvalue weighted by molar-refractivity contribution is 6.42. The van der Waals surface area contributed by atoms with Crippen LogP contribution in [0.4, 0.5) is 0 Å². The van der Waals surface area contributed by atoms with Crippen LogP contribution in [-0.2, 0) is 22.6 Å². The van der Waals surface area contributed by atoms with Crippen LogP contribution in [0.3, 0.4) is 0 Å². The van der Waals surface area contributed by atoms with E-state index in [2.05, 4.69) is 11.4 Å². The SMILES string of the molecule is CC[C@H](C)NC(=O)[C@H](C)N(Cc1ccc(Cl)c(Cl)c1)C(=O)Cc1cc(C)cc(C)c1. The predicted molar refractivity (Wildman–Crippen MR) is 124 cm³/mol. The fourth-order valence-corrected chi connectivity index (χ4v) is 3.65. The zero-order chi connectivity index (χ0) is 22.4. The first-order valence-electron chi connectivity index (χ1n) is 10.2. The Labute approximate surface area is 189 Å². The minimum atomic E-state index is -0.619. The molecule has 0 fully saturated rings. The van der Waals surface area contributed by atoms with Crippen LogP contribution in [0.25, 0.3) is 0 Å². The fraction of sp³-hybridized carbons (Fsp3) is 0.417. The molecule has 0 saturated carbocycles. The number of hydrogen-bond donors (Lipinski definition) is 1. The standard InChI is InChI=1S/C24H30Cl2N2O2/c1-6-17(4)27-24(30)18(5)28(14-19-7-8-21(25)22(26)12-19)23(29)13-20-10-15(2)9-16(3)11-20/h7-12,17-18H,6,13-14H2,1-5H3,(H,27,30)/t17-,18-/m0/s1. The lowest BCUT2D eigenvalue weighted by atomic mass is 10.0. The predicted octanol–water partition coefficient (Wildman–Crippen LogP) is 5.48. The van der Waals surface area contributed by atoms with Crippen molar-refractivity contribution in [3.8, 4) is 0 Å². The van der Waals surface area contributed by atoms with Gasteiger partial charge in [-0.3, -0.25) is 9.59 Å². The van der Waals surface area contributed by atoms with Crippen molar-refractivity contribution in [3.05, 3.63) is 68.7 Å². The highest BCUT2D eigenvalue weighted by Crippen LogP contribution is 2.24. The summed E-state index contributed by atoms with van der Waals surface area (Å²) < 4.78 is 0. The van der Waals surface area contributed by atoms with Crippen molar-refractivity contribution in [2.45, 2.75) is 66.1 Å². The number of nitrogens with zero attached hydrogens (tertiary/aromatic N) is 1. The van der Waals surface area contributed by atoms with Gasteiger partial charge in [0.1, 0.15) is 6.04 Å². The first-order chi connectivity index (χ1) is 14.1. The highest BCUT2D eigenvalue weighted by atomic mass is 35.5. The molecule has 0 bridgehead atoms. The Morgan fingerprint density at radius 2 is 1.60 bits per heavy atom. The van der Waals surface area contributed by atoms with Crippen molar-refractivity contribution < 1.29 is 9.59 Å². The number of hydrogen-bond acceptors (Lipinski definition) is 2.